The first-order chi connectivity index (χ1) is 9.49. The van der Waals surface area contributed by atoms with Gasteiger partial charge in [-0.05, 0) is 44.7 Å². The molecule has 0 aromatic heterocycles. The van der Waals surface area contributed by atoms with Crippen LogP contribution >= 0.6 is 0 Å². The van der Waals surface area contributed by atoms with Crippen molar-refractivity contribution in [1.29, 1.82) is 0 Å². The molecule has 1 fully saturated rings. The summed E-state index contributed by atoms with van der Waals surface area (Å²) in [6, 6.07) is 6.02. The third kappa shape index (κ3) is 3.31. The molecule has 1 aliphatic heterocycles. The Morgan fingerprint density at radius 3 is 2.35 bits per heavy atom. The molecule has 110 valence electrons. The van der Waals surface area contributed by atoms with Crippen molar-refractivity contribution in [2.45, 2.75) is 45.8 Å². The van der Waals surface area contributed by atoms with E-state index < -0.39 is 0 Å². The quantitative estimate of drug-likeness (QED) is 0.915. The van der Waals surface area contributed by atoms with E-state index in [0.717, 1.165) is 31.7 Å². The van der Waals surface area contributed by atoms with Gasteiger partial charge >= 0.3 is 0 Å². The van der Waals surface area contributed by atoms with E-state index >= 15 is 0 Å². The number of nitrogens with two attached hydrogens (primary N) is 1. The monoisotopic (exact) mass is 276 g/mol. The third-order valence-electron chi connectivity index (χ3n) is 4.13. The Balaban J connectivity index is 1.93. The fourth-order valence-electron chi connectivity index (χ4n) is 2.71. The number of hydrogen-bond donors (Lipinski definition) is 1. The highest BCUT2D eigenvalue weighted by molar-refractivity contribution is 5.79. The summed E-state index contributed by atoms with van der Waals surface area (Å²) < 4.78 is 6.16. The number of primary amides is 1. The molecule has 1 amide bonds. The van der Waals surface area contributed by atoms with Gasteiger partial charge in [0.25, 0.3) is 0 Å². The van der Waals surface area contributed by atoms with Gasteiger partial charge in [-0.25, -0.2) is 0 Å². The van der Waals surface area contributed by atoms with Crippen molar-refractivity contribution in [2.75, 3.05) is 13.1 Å². The summed E-state index contributed by atoms with van der Waals surface area (Å²) in [7, 11) is 0. The minimum atomic E-state index is -0.251. The molecule has 1 atom stereocenters. The second-order valence-corrected chi connectivity index (χ2v) is 5.65. The number of piperidine rings is 1. The molecule has 20 heavy (non-hydrogen) atoms. The van der Waals surface area contributed by atoms with Gasteiger partial charge in [0.05, 0.1) is 6.04 Å². The highest BCUT2D eigenvalue weighted by Gasteiger charge is 2.26. The van der Waals surface area contributed by atoms with E-state index in [1.807, 2.05) is 6.92 Å². The summed E-state index contributed by atoms with van der Waals surface area (Å²) in [5.41, 5.74) is 7.71. The molecule has 1 heterocycles. The van der Waals surface area contributed by atoms with Crippen LogP contribution in [0.3, 0.4) is 0 Å². The fourth-order valence-corrected chi connectivity index (χ4v) is 2.71. The van der Waals surface area contributed by atoms with Crippen molar-refractivity contribution in [2.24, 2.45) is 5.73 Å². The lowest BCUT2D eigenvalue weighted by molar-refractivity contribution is -0.123. The number of para-hydroxylation sites is 1. The number of carbonyl (C=O) groups is 1. The normalized spacial score (nSPS) is 18.8. The maximum absolute atomic E-state index is 11.2. The number of benzene rings is 1. The fraction of sp³-hybridized carbons (Fsp3) is 0.562. The van der Waals surface area contributed by atoms with Crippen LogP contribution in [-0.4, -0.2) is 36.0 Å². The van der Waals surface area contributed by atoms with Gasteiger partial charge in [0.15, 0.2) is 0 Å². The van der Waals surface area contributed by atoms with E-state index in [1.165, 1.54) is 11.1 Å². The average molecular weight is 276 g/mol. The lowest BCUT2D eigenvalue weighted by Gasteiger charge is -2.35. The average Bonchev–Trinajstić information content (AvgIpc) is 2.43. The van der Waals surface area contributed by atoms with Crippen molar-refractivity contribution >= 4 is 5.91 Å². The maximum Gasteiger partial charge on any atom is 0.234 e. The zero-order chi connectivity index (χ0) is 14.7. The summed E-state index contributed by atoms with van der Waals surface area (Å²) in [5, 5.41) is 0. The Hall–Kier alpha value is -1.55. The van der Waals surface area contributed by atoms with Gasteiger partial charge in [-0.3, -0.25) is 9.69 Å². The SMILES string of the molecule is Cc1cccc(C)c1OC1CCN(C(C)C(N)=O)CC1. The van der Waals surface area contributed by atoms with Gasteiger partial charge in [-0.2, -0.15) is 0 Å². The molecular formula is C16H24N2O2. The molecule has 4 nitrogen and oxygen atoms in total. The van der Waals surface area contributed by atoms with Crippen molar-refractivity contribution in [3.8, 4) is 5.75 Å². The lowest BCUT2D eigenvalue weighted by atomic mass is 10.0. The van der Waals surface area contributed by atoms with Crippen LogP contribution in [0.15, 0.2) is 18.2 Å². The van der Waals surface area contributed by atoms with Crippen molar-refractivity contribution in [1.82, 2.24) is 4.90 Å². The lowest BCUT2D eigenvalue weighted by Crippen LogP contribution is -2.48. The largest absolute Gasteiger partial charge is 0.490 e. The van der Waals surface area contributed by atoms with Crippen LogP contribution in [0.5, 0.6) is 5.75 Å². The smallest absolute Gasteiger partial charge is 0.234 e. The Bertz CT molecular complexity index is 459. The molecule has 1 aliphatic rings. The minimum Gasteiger partial charge on any atom is -0.490 e. The van der Waals surface area contributed by atoms with Gasteiger partial charge in [-0.1, -0.05) is 18.2 Å². The van der Waals surface area contributed by atoms with Crippen LogP contribution in [0.2, 0.25) is 0 Å². The number of amides is 1. The summed E-state index contributed by atoms with van der Waals surface area (Å²) >= 11 is 0. The zero-order valence-electron chi connectivity index (χ0n) is 12.6. The molecule has 2 rings (SSSR count). The van der Waals surface area contributed by atoms with Crippen LogP contribution in [-0.2, 0) is 4.79 Å². The number of aryl methyl sites for hydroxylation is 2. The summed E-state index contributed by atoms with van der Waals surface area (Å²) in [4.78, 5) is 13.3. The number of likely N-dealkylation sites (tertiary alicyclic amines) is 1. The van der Waals surface area contributed by atoms with Gasteiger partial charge in [0, 0.05) is 13.1 Å². The Morgan fingerprint density at radius 1 is 1.30 bits per heavy atom. The molecule has 4 heteroatoms. The van der Waals surface area contributed by atoms with E-state index in [-0.39, 0.29) is 18.1 Å². The van der Waals surface area contributed by atoms with Crippen molar-refractivity contribution in [3.05, 3.63) is 29.3 Å². The first-order valence-electron chi connectivity index (χ1n) is 7.25. The number of carbonyl (C=O) groups excluding carboxylic acids is 1. The topological polar surface area (TPSA) is 55.6 Å². The standard InChI is InChI=1S/C16H24N2O2/c1-11-5-4-6-12(2)15(11)20-14-7-9-18(10-8-14)13(3)16(17)19/h4-6,13-14H,7-10H2,1-3H3,(H2,17,19). The molecular weight excluding hydrogens is 252 g/mol. The van der Waals surface area contributed by atoms with E-state index in [2.05, 4.69) is 36.9 Å². The van der Waals surface area contributed by atoms with Crippen LogP contribution in [0.1, 0.15) is 30.9 Å². The third-order valence-corrected chi connectivity index (χ3v) is 4.13. The highest BCUT2D eigenvalue weighted by Crippen LogP contribution is 2.26. The second-order valence-electron chi connectivity index (χ2n) is 5.65. The number of hydrogen-bond acceptors (Lipinski definition) is 3. The number of ether oxygens (including phenoxy) is 1. The van der Waals surface area contributed by atoms with Gasteiger partial charge in [-0.15, -0.1) is 0 Å². The molecule has 0 radical (unpaired) electrons. The number of nitrogens with zero attached hydrogens (tertiary/aromatic N) is 1. The predicted octanol–water partition coefficient (Wildman–Crippen LogP) is 2.02. The van der Waals surface area contributed by atoms with Crippen molar-refractivity contribution < 1.29 is 9.53 Å². The predicted molar refractivity (Wildman–Crippen MR) is 79.8 cm³/mol. The van der Waals surface area contributed by atoms with Gasteiger partial charge in [0.1, 0.15) is 11.9 Å². The number of rotatable bonds is 4. The molecule has 1 aromatic rings. The molecule has 0 bridgehead atoms. The first-order valence-corrected chi connectivity index (χ1v) is 7.25. The van der Waals surface area contributed by atoms with Crippen LogP contribution in [0.4, 0.5) is 0 Å². The molecule has 1 unspecified atom stereocenters. The Morgan fingerprint density at radius 2 is 1.85 bits per heavy atom. The highest BCUT2D eigenvalue weighted by atomic mass is 16.5. The van der Waals surface area contributed by atoms with Gasteiger partial charge in [0.2, 0.25) is 5.91 Å². The minimum absolute atomic E-state index is 0.184. The molecule has 0 saturated carbocycles. The Labute approximate surface area is 120 Å². The van der Waals surface area contributed by atoms with Crippen LogP contribution in [0.25, 0.3) is 0 Å². The Kier molecular flexibility index (Phi) is 4.65. The molecule has 1 aromatic carbocycles. The summed E-state index contributed by atoms with van der Waals surface area (Å²) in [5.74, 6) is 0.757. The summed E-state index contributed by atoms with van der Waals surface area (Å²) in [6.45, 7) is 7.74. The molecule has 0 spiro atoms. The van der Waals surface area contributed by atoms with Crippen LogP contribution < -0.4 is 10.5 Å². The molecule has 1 saturated heterocycles. The summed E-state index contributed by atoms with van der Waals surface area (Å²) in [6.07, 6.45) is 2.10. The second kappa shape index (κ2) is 6.27. The van der Waals surface area contributed by atoms with E-state index in [1.54, 1.807) is 0 Å². The van der Waals surface area contributed by atoms with E-state index in [4.69, 9.17) is 10.5 Å². The van der Waals surface area contributed by atoms with Gasteiger partial charge < -0.3 is 10.5 Å². The maximum atomic E-state index is 11.2. The van der Waals surface area contributed by atoms with Crippen molar-refractivity contribution in [3.63, 3.8) is 0 Å². The van der Waals surface area contributed by atoms with E-state index in [9.17, 15) is 4.79 Å². The molecule has 0 aliphatic carbocycles. The van der Waals surface area contributed by atoms with E-state index in [0.29, 0.717) is 0 Å². The zero-order valence-corrected chi connectivity index (χ0v) is 12.6. The molecule has 2 N–H and O–H groups in total. The first kappa shape index (κ1) is 14.9. The van der Waals surface area contributed by atoms with Crippen LogP contribution in [0, 0.1) is 13.8 Å².